The molecule has 1 aromatic heterocycles. The summed E-state index contributed by atoms with van der Waals surface area (Å²) in [5.74, 6) is -0.198. The molecule has 6 heteroatoms. The third-order valence-corrected chi connectivity index (χ3v) is 2.99. The monoisotopic (exact) mass is 265 g/mol. The van der Waals surface area contributed by atoms with E-state index in [1.807, 2.05) is 0 Å². The zero-order valence-corrected chi connectivity index (χ0v) is 9.30. The van der Waals surface area contributed by atoms with Crippen LogP contribution in [-0.4, -0.2) is 20.5 Å². The number of aromatic nitrogens is 1. The summed E-state index contributed by atoms with van der Waals surface area (Å²) in [4.78, 5) is 3.91. The fraction of sp³-hybridized carbons (Fsp3) is 0.286. The molecule has 0 aliphatic heterocycles. The molecule has 0 amide bonds. The molecule has 1 rings (SSSR count). The van der Waals surface area contributed by atoms with Gasteiger partial charge in [-0.1, -0.05) is 0 Å². The molecular weight excluding hydrogens is 258 g/mol. The first-order chi connectivity index (χ1) is 6.03. The molecule has 0 aliphatic carbocycles. The molecule has 0 spiro atoms. The minimum Gasteiger partial charge on any atom is -0.273 e. The molecule has 0 aromatic carbocycles. The van der Waals surface area contributed by atoms with Crippen molar-refractivity contribution in [2.75, 3.05) is 7.11 Å². The third-order valence-electron chi connectivity index (χ3n) is 1.37. The Morgan fingerprint density at radius 3 is 2.69 bits per heavy atom. The molecule has 72 valence electrons. The molecule has 0 atom stereocenters. The van der Waals surface area contributed by atoms with Crippen molar-refractivity contribution in [1.82, 2.24) is 4.98 Å². The molecule has 1 heterocycles. The van der Waals surface area contributed by atoms with Crippen molar-refractivity contribution in [1.29, 1.82) is 0 Å². The highest BCUT2D eigenvalue weighted by molar-refractivity contribution is 9.10. The maximum absolute atomic E-state index is 11.0. The van der Waals surface area contributed by atoms with Crippen LogP contribution in [0.15, 0.2) is 22.8 Å². The van der Waals surface area contributed by atoms with E-state index in [1.165, 1.54) is 0 Å². The van der Waals surface area contributed by atoms with Crippen LogP contribution in [0.1, 0.15) is 5.69 Å². The normalized spacial score (nSPS) is 11.5. The van der Waals surface area contributed by atoms with E-state index in [0.717, 1.165) is 11.6 Å². The van der Waals surface area contributed by atoms with Crippen LogP contribution >= 0.6 is 15.9 Å². The number of hydrogen-bond acceptors (Lipinski definition) is 4. The van der Waals surface area contributed by atoms with E-state index in [2.05, 4.69) is 25.1 Å². The maximum atomic E-state index is 11.0. The Hall–Kier alpha value is -0.460. The standard InChI is InChI=1S/C7H8BrNO3S/c1-12-13(10,11)5-7-3-2-6(8)4-9-7/h2-4H,5H2,1H3. The first-order valence-electron chi connectivity index (χ1n) is 3.42. The van der Waals surface area contributed by atoms with Gasteiger partial charge in [0, 0.05) is 10.7 Å². The van der Waals surface area contributed by atoms with Crippen LogP contribution in [0.2, 0.25) is 0 Å². The molecule has 0 aliphatic rings. The lowest BCUT2D eigenvalue weighted by Gasteiger charge is -2.00. The number of pyridine rings is 1. The lowest BCUT2D eigenvalue weighted by atomic mass is 10.4. The van der Waals surface area contributed by atoms with Crippen molar-refractivity contribution < 1.29 is 12.6 Å². The van der Waals surface area contributed by atoms with Crippen molar-refractivity contribution in [2.45, 2.75) is 5.75 Å². The van der Waals surface area contributed by atoms with Crippen LogP contribution in [-0.2, 0) is 20.1 Å². The van der Waals surface area contributed by atoms with Gasteiger partial charge in [0.2, 0.25) is 0 Å². The predicted molar refractivity (Wildman–Crippen MR) is 51.6 cm³/mol. The van der Waals surface area contributed by atoms with E-state index >= 15 is 0 Å². The van der Waals surface area contributed by atoms with Crippen molar-refractivity contribution >= 4 is 26.0 Å². The van der Waals surface area contributed by atoms with Crippen molar-refractivity contribution in [2.24, 2.45) is 0 Å². The van der Waals surface area contributed by atoms with Crippen LogP contribution in [0, 0.1) is 0 Å². The van der Waals surface area contributed by atoms with Crippen LogP contribution < -0.4 is 0 Å². The minimum absolute atomic E-state index is 0.198. The molecular formula is C7H8BrNO3S. The third kappa shape index (κ3) is 3.41. The number of nitrogens with zero attached hydrogens (tertiary/aromatic N) is 1. The zero-order valence-electron chi connectivity index (χ0n) is 6.90. The Labute approximate surface area is 85.2 Å². The van der Waals surface area contributed by atoms with Gasteiger partial charge in [-0.3, -0.25) is 9.17 Å². The van der Waals surface area contributed by atoms with Crippen molar-refractivity contribution in [3.05, 3.63) is 28.5 Å². The first-order valence-corrected chi connectivity index (χ1v) is 5.79. The van der Waals surface area contributed by atoms with Crippen LogP contribution in [0.5, 0.6) is 0 Å². The van der Waals surface area contributed by atoms with Gasteiger partial charge in [-0.2, -0.15) is 8.42 Å². The zero-order chi connectivity index (χ0) is 9.90. The summed E-state index contributed by atoms with van der Waals surface area (Å²) in [6, 6.07) is 3.36. The summed E-state index contributed by atoms with van der Waals surface area (Å²) < 4.78 is 27.1. The van der Waals surface area contributed by atoms with Gasteiger partial charge in [0.15, 0.2) is 0 Å². The summed E-state index contributed by atoms with van der Waals surface area (Å²) >= 11 is 3.20. The molecule has 0 N–H and O–H groups in total. The summed E-state index contributed by atoms with van der Waals surface area (Å²) in [7, 11) is -2.33. The first kappa shape index (κ1) is 10.6. The smallest absolute Gasteiger partial charge is 0.272 e. The summed E-state index contributed by atoms with van der Waals surface area (Å²) in [6.07, 6.45) is 1.54. The fourth-order valence-electron chi connectivity index (χ4n) is 0.732. The van der Waals surface area contributed by atoms with Gasteiger partial charge in [0.1, 0.15) is 5.75 Å². The average molecular weight is 266 g/mol. The van der Waals surface area contributed by atoms with Gasteiger partial charge in [-0.25, -0.2) is 0 Å². The van der Waals surface area contributed by atoms with Gasteiger partial charge in [-0.15, -0.1) is 0 Å². The summed E-state index contributed by atoms with van der Waals surface area (Å²) in [6.45, 7) is 0. The lowest BCUT2D eigenvalue weighted by Crippen LogP contribution is -2.06. The van der Waals surface area contributed by atoms with Gasteiger partial charge in [0.25, 0.3) is 10.1 Å². The molecule has 0 fully saturated rings. The topological polar surface area (TPSA) is 56.3 Å². The second-order valence-electron chi connectivity index (χ2n) is 2.34. The lowest BCUT2D eigenvalue weighted by molar-refractivity contribution is 0.396. The highest BCUT2D eigenvalue weighted by atomic mass is 79.9. The Morgan fingerprint density at radius 1 is 1.54 bits per heavy atom. The van der Waals surface area contributed by atoms with E-state index in [9.17, 15) is 8.42 Å². The quantitative estimate of drug-likeness (QED) is 0.774. The largest absolute Gasteiger partial charge is 0.273 e. The van der Waals surface area contributed by atoms with Gasteiger partial charge >= 0.3 is 0 Å². The highest BCUT2D eigenvalue weighted by Gasteiger charge is 2.10. The molecule has 0 unspecified atom stereocenters. The number of rotatable bonds is 3. The van der Waals surface area contributed by atoms with Crippen LogP contribution in [0.3, 0.4) is 0 Å². The Morgan fingerprint density at radius 2 is 2.23 bits per heavy atom. The Balaban J connectivity index is 2.82. The van der Waals surface area contributed by atoms with E-state index in [4.69, 9.17) is 0 Å². The molecule has 0 radical (unpaired) electrons. The molecule has 0 saturated heterocycles. The Kier molecular flexibility index (Phi) is 3.40. The van der Waals surface area contributed by atoms with Gasteiger partial charge < -0.3 is 0 Å². The summed E-state index contributed by atoms with van der Waals surface area (Å²) in [5, 5.41) is 0. The maximum Gasteiger partial charge on any atom is 0.272 e. The molecule has 4 nitrogen and oxygen atoms in total. The van der Waals surface area contributed by atoms with E-state index < -0.39 is 10.1 Å². The molecule has 0 saturated carbocycles. The molecule has 1 aromatic rings. The summed E-state index contributed by atoms with van der Waals surface area (Å²) in [5.41, 5.74) is 0.463. The van der Waals surface area contributed by atoms with E-state index in [1.54, 1.807) is 18.3 Å². The van der Waals surface area contributed by atoms with E-state index in [0.29, 0.717) is 5.69 Å². The number of hydrogen-bond donors (Lipinski definition) is 0. The SMILES string of the molecule is COS(=O)(=O)Cc1ccc(Br)cn1. The van der Waals surface area contributed by atoms with Gasteiger partial charge in [0.05, 0.1) is 12.8 Å². The second-order valence-corrected chi connectivity index (χ2v) is 4.99. The van der Waals surface area contributed by atoms with Crippen molar-refractivity contribution in [3.63, 3.8) is 0 Å². The highest BCUT2D eigenvalue weighted by Crippen LogP contribution is 2.09. The molecule has 13 heavy (non-hydrogen) atoms. The molecule has 0 bridgehead atoms. The minimum atomic E-state index is -3.46. The average Bonchev–Trinajstić information content (AvgIpc) is 2.09. The van der Waals surface area contributed by atoms with Gasteiger partial charge in [-0.05, 0) is 28.1 Å². The van der Waals surface area contributed by atoms with Crippen molar-refractivity contribution in [3.8, 4) is 0 Å². The number of halogens is 1. The predicted octanol–water partition coefficient (Wildman–Crippen LogP) is 1.32. The van der Waals surface area contributed by atoms with Crippen LogP contribution in [0.25, 0.3) is 0 Å². The van der Waals surface area contributed by atoms with E-state index in [-0.39, 0.29) is 5.75 Å². The Bertz CT molecular complexity index is 373. The second kappa shape index (κ2) is 4.17. The van der Waals surface area contributed by atoms with Crippen LogP contribution in [0.4, 0.5) is 0 Å². The fourth-order valence-corrected chi connectivity index (χ4v) is 1.62.